The van der Waals surface area contributed by atoms with Crippen LogP contribution in [0.1, 0.15) is 108 Å². The Morgan fingerprint density at radius 1 is 0.960 bits per heavy atom. The predicted octanol–water partition coefficient (Wildman–Crippen LogP) is 7.70. The van der Waals surface area contributed by atoms with Gasteiger partial charge in [0.1, 0.15) is 0 Å². The number of allylic oxidation sites excluding steroid dienone is 1. The van der Waals surface area contributed by atoms with Crippen LogP contribution < -0.4 is 0 Å². The van der Waals surface area contributed by atoms with Crippen molar-refractivity contribution < 1.29 is 0 Å². The molecule has 0 saturated carbocycles. The summed E-state index contributed by atoms with van der Waals surface area (Å²) in [7, 11) is 0. The Hall–Kier alpha value is -0.790. The highest BCUT2D eigenvalue weighted by atomic mass is 15.5. The first-order chi connectivity index (χ1) is 11.6. The van der Waals surface area contributed by atoms with Crippen LogP contribution in [0.25, 0.3) is 0 Å². The molecule has 1 saturated heterocycles. The lowest BCUT2D eigenvalue weighted by Crippen LogP contribution is -2.40. The molecule has 0 aromatic carbocycles. The zero-order valence-corrected chi connectivity index (χ0v) is 19.2. The Balaban J connectivity index is 0. The van der Waals surface area contributed by atoms with Gasteiger partial charge in [-0.15, -0.1) is 0 Å². The van der Waals surface area contributed by atoms with Gasteiger partial charge in [0.25, 0.3) is 0 Å². The van der Waals surface area contributed by atoms with Crippen molar-refractivity contribution in [3.05, 3.63) is 12.2 Å². The van der Waals surface area contributed by atoms with Crippen molar-refractivity contribution in [2.75, 3.05) is 0 Å². The smallest absolute Gasteiger partial charge is 0.0597 e. The van der Waals surface area contributed by atoms with E-state index in [-0.39, 0.29) is 0 Å². The molecule has 1 aliphatic rings. The molecular formula is C23H48N2. The van der Waals surface area contributed by atoms with Crippen molar-refractivity contribution in [1.82, 2.24) is 5.01 Å². The fourth-order valence-corrected chi connectivity index (χ4v) is 2.80. The van der Waals surface area contributed by atoms with Gasteiger partial charge in [-0.2, -0.15) is 5.10 Å². The zero-order valence-electron chi connectivity index (χ0n) is 19.2. The summed E-state index contributed by atoms with van der Waals surface area (Å²) < 4.78 is 0. The number of hydrogen-bond acceptors (Lipinski definition) is 2. The van der Waals surface area contributed by atoms with Crippen LogP contribution in [-0.2, 0) is 0 Å². The first-order valence-corrected chi connectivity index (χ1v) is 10.6. The van der Waals surface area contributed by atoms with Crippen molar-refractivity contribution in [2.45, 2.75) is 120 Å². The minimum atomic E-state index is 0.577. The van der Waals surface area contributed by atoms with Gasteiger partial charge in [-0.25, -0.2) is 0 Å². The summed E-state index contributed by atoms with van der Waals surface area (Å²) in [6.45, 7) is 25.6. The number of piperidine rings is 1. The molecule has 2 atom stereocenters. The molecule has 25 heavy (non-hydrogen) atoms. The third-order valence-corrected chi connectivity index (χ3v) is 4.59. The number of rotatable bonds is 6. The maximum atomic E-state index is 4.65. The van der Waals surface area contributed by atoms with E-state index in [0.29, 0.717) is 12.1 Å². The third-order valence-electron chi connectivity index (χ3n) is 4.59. The molecule has 0 bridgehead atoms. The van der Waals surface area contributed by atoms with E-state index in [1.54, 1.807) is 0 Å². The van der Waals surface area contributed by atoms with Crippen LogP contribution in [0.5, 0.6) is 0 Å². The van der Waals surface area contributed by atoms with Gasteiger partial charge in [-0.05, 0) is 64.4 Å². The second-order valence-corrected chi connectivity index (χ2v) is 8.19. The molecule has 1 aliphatic heterocycles. The molecule has 150 valence electrons. The van der Waals surface area contributed by atoms with E-state index >= 15 is 0 Å². The lowest BCUT2D eigenvalue weighted by atomic mass is 10.00. The highest BCUT2D eigenvalue weighted by Gasteiger charge is 2.23. The maximum Gasteiger partial charge on any atom is 0.0597 e. The molecule has 1 rings (SSSR count). The fourth-order valence-electron chi connectivity index (χ4n) is 2.80. The van der Waals surface area contributed by atoms with E-state index in [2.05, 4.69) is 58.2 Å². The van der Waals surface area contributed by atoms with Crippen molar-refractivity contribution >= 4 is 5.71 Å². The first-order valence-electron chi connectivity index (χ1n) is 10.6. The molecule has 0 aromatic rings. The Morgan fingerprint density at radius 2 is 1.36 bits per heavy atom. The highest BCUT2D eigenvalue weighted by molar-refractivity contribution is 5.96. The average Bonchev–Trinajstić information content (AvgIpc) is 2.52. The van der Waals surface area contributed by atoms with Gasteiger partial charge in [-0.1, -0.05) is 67.4 Å². The minimum Gasteiger partial charge on any atom is -0.291 e. The summed E-state index contributed by atoms with van der Waals surface area (Å²) in [6, 6.07) is 1.15. The van der Waals surface area contributed by atoms with Crippen molar-refractivity contribution in [1.29, 1.82) is 0 Å². The quantitative estimate of drug-likeness (QED) is 0.447. The zero-order chi connectivity index (χ0) is 20.0. The Bertz CT molecular complexity index is 337. The Labute approximate surface area is 160 Å². The molecule has 2 unspecified atom stereocenters. The van der Waals surface area contributed by atoms with Gasteiger partial charge in [0.05, 0.1) is 5.71 Å². The van der Waals surface area contributed by atoms with Crippen LogP contribution in [0.4, 0.5) is 0 Å². The predicted molar refractivity (Wildman–Crippen MR) is 117 cm³/mol. The van der Waals surface area contributed by atoms with Gasteiger partial charge in [0.2, 0.25) is 0 Å². The largest absolute Gasteiger partial charge is 0.291 e. The monoisotopic (exact) mass is 352 g/mol. The van der Waals surface area contributed by atoms with Crippen LogP contribution >= 0.6 is 0 Å². The summed E-state index contributed by atoms with van der Waals surface area (Å²) in [4.78, 5) is 0. The first kappa shape index (κ1) is 26.4. The normalized spacial score (nSPS) is 20.6. The second kappa shape index (κ2) is 15.5. The number of hydrazone groups is 1. The Morgan fingerprint density at radius 3 is 1.68 bits per heavy atom. The molecular weight excluding hydrogens is 304 g/mol. The lowest BCUT2D eigenvalue weighted by Gasteiger charge is -2.37. The van der Waals surface area contributed by atoms with Crippen LogP contribution in [0.15, 0.2) is 17.3 Å². The molecule has 0 aromatic heterocycles. The number of nitrogens with zero attached hydrogens (tertiary/aromatic N) is 2. The lowest BCUT2D eigenvalue weighted by molar-refractivity contribution is 0.108. The van der Waals surface area contributed by atoms with Crippen molar-refractivity contribution in [2.24, 2.45) is 16.9 Å². The van der Waals surface area contributed by atoms with E-state index in [1.807, 2.05) is 27.7 Å². The van der Waals surface area contributed by atoms with Crippen LogP contribution in [0, 0.1) is 11.8 Å². The topological polar surface area (TPSA) is 15.6 Å². The fraction of sp³-hybridized carbons (Fsp3) is 0.870. The van der Waals surface area contributed by atoms with E-state index in [0.717, 1.165) is 23.1 Å². The molecule has 0 N–H and O–H groups in total. The van der Waals surface area contributed by atoms with Crippen molar-refractivity contribution in [3.63, 3.8) is 0 Å². The van der Waals surface area contributed by atoms with Crippen molar-refractivity contribution in [3.8, 4) is 0 Å². The van der Waals surface area contributed by atoms with E-state index in [1.165, 1.54) is 38.5 Å². The molecule has 1 fully saturated rings. The summed E-state index contributed by atoms with van der Waals surface area (Å²) in [6.07, 6.45) is 8.07. The van der Waals surface area contributed by atoms with Gasteiger partial charge < -0.3 is 0 Å². The molecule has 0 amide bonds. The molecule has 0 aliphatic carbocycles. The summed E-state index contributed by atoms with van der Waals surface area (Å²) in [5.41, 5.74) is 2.13. The van der Waals surface area contributed by atoms with Crippen LogP contribution in [0.2, 0.25) is 0 Å². The van der Waals surface area contributed by atoms with Gasteiger partial charge in [-0.3, -0.25) is 5.01 Å². The average molecular weight is 353 g/mol. The summed E-state index contributed by atoms with van der Waals surface area (Å²) in [5.74, 6) is 1.78. The molecule has 0 radical (unpaired) electrons. The standard InChI is InChI=1S/C12H22N2.C9H20.C2H6/c1-9(2)12(5)13-14-10(3)7-6-8-11(14)4;1-8(2)6-5-7-9(3)4;1-2/h10-11H,1,6-8H2,2-5H3;8-9H,5-7H2,1-4H3;1-2H3/b13-12+;;. The van der Waals surface area contributed by atoms with Crippen LogP contribution in [0.3, 0.4) is 0 Å². The highest BCUT2D eigenvalue weighted by Crippen LogP contribution is 2.23. The van der Waals surface area contributed by atoms with Crippen LogP contribution in [-0.4, -0.2) is 22.8 Å². The molecule has 1 heterocycles. The van der Waals surface area contributed by atoms with E-state index in [9.17, 15) is 0 Å². The SMILES string of the molecule is C=C(C)/C(C)=N/N1C(C)CCCC1C.CC.CC(C)CCCC(C)C. The summed E-state index contributed by atoms with van der Waals surface area (Å²) >= 11 is 0. The van der Waals surface area contributed by atoms with Gasteiger partial charge in [0, 0.05) is 12.1 Å². The number of hydrogen-bond donors (Lipinski definition) is 0. The van der Waals surface area contributed by atoms with Gasteiger partial charge >= 0.3 is 0 Å². The van der Waals surface area contributed by atoms with Gasteiger partial charge in [0.15, 0.2) is 0 Å². The summed E-state index contributed by atoms with van der Waals surface area (Å²) in [5, 5.41) is 6.89. The third kappa shape index (κ3) is 14.1. The van der Waals surface area contributed by atoms with E-state index in [4.69, 9.17) is 0 Å². The molecule has 0 spiro atoms. The Kier molecular flexibility index (Phi) is 16.4. The second-order valence-electron chi connectivity index (χ2n) is 8.19. The maximum absolute atomic E-state index is 4.65. The molecule has 2 heteroatoms. The minimum absolute atomic E-state index is 0.577. The van der Waals surface area contributed by atoms with E-state index < -0.39 is 0 Å². The molecule has 2 nitrogen and oxygen atoms in total.